The van der Waals surface area contributed by atoms with Gasteiger partial charge in [0.25, 0.3) is 0 Å². The number of aromatic nitrogens is 1. The zero-order chi connectivity index (χ0) is 4.24. The summed E-state index contributed by atoms with van der Waals surface area (Å²) in [4.78, 5) is 3.66. The molecule has 0 fully saturated rings. The van der Waals surface area contributed by atoms with E-state index in [1.807, 2.05) is 12.1 Å². The predicted octanol–water partition coefficient (Wildman–Crippen LogP) is 0.879. The van der Waals surface area contributed by atoms with Crippen molar-refractivity contribution in [1.82, 2.24) is 4.98 Å². The van der Waals surface area contributed by atoms with Crippen LogP contribution in [0.3, 0.4) is 0 Å². The molecule has 1 aromatic heterocycles. The molecule has 0 atom stereocenters. The van der Waals surface area contributed by atoms with Gasteiger partial charge in [-0.2, -0.15) is 18.2 Å². The minimum Gasteiger partial charge on any atom is -0.394 e. The third-order valence-electron chi connectivity index (χ3n) is 0.517. The molecular formula is C5H4AuN. The van der Waals surface area contributed by atoms with Crippen molar-refractivity contribution >= 4 is 0 Å². The van der Waals surface area contributed by atoms with E-state index in [9.17, 15) is 0 Å². The zero-order valence-electron chi connectivity index (χ0n) is 3.56. The Morgan fingerprint density at radius 2 is 2.14 bits per heavy atom. The van der Waals surface area contributed by atoms with Gasteiger partial charge >= 0.3 is 22.4 Å². The van der Waals surface area contributed by atoms with Crippen LogP contribution in [-0.4, -0.2) is 4.98 Å². The second-order valence-electron chi connectivity index (χ2n) is 0.959. The first-order valence-electron chi connectivity index (χ1n) is 1.77. The van der Waals surface area contributed by atoms with Crippen LogP contribution in [0.5, 0.6) is 0 Å². The average Bonchev–Trinajstić information content (AvgIpc) is 1.72. The fraction of sp³-hybridized carbons (Fsp3) is 0. The summed E-state index contributed by atoms with van der Waals surface area (Å²) in [6, 6.07) is 5.50. The summed E-state index contributed by atoms with van der Waals surface area (Å²) in [5.74, 6) is 0. The Kier molecular flexibility index (Phi) is 4.00. The number of hydrogen-bond acceptors (Lipinski definition) is 1. The molecular weight excluding hydrogens is 271 g/mol. The monoisotopic (exact) mass is 275 g/mol. The van der Waals surface area contributed by atoms with Crippen LogP contribution >= 0.6 is 0 Å². The van der Waals surface area contributed by atoms with Crippen LogP contribution in [0.2, 0.25) is 0 Å². The molecule has 0 radical (unpaired) electrons. The van der Waals surface area contributed by atoms with Crippen molar-refractivity contribution in [1.29, 1.82) is 0 Å². The first kappa shape index (κ1) is 6.89. The van der Waals surface area contributed by atoms with Crippen molar-refractivity contribution in [3.63, 3.8) is 0 Å². The SMILES string of the molecule is [Au+].[c-]1ccccn1. The smallest absolute Gasteiger partial charge is 0.394 e. The van der Waals surface area contributed by atoms with Gasteiger partial charge < -0.3 is 4.98 Å². The molecule has 0 aliphatic rings. The summed E-state index contributed by atoms with van der Waals surface area (Å²) < 4.78 is 0. The maximum absolute atomic E-state index is 3.66. The minimum absolute atomic E-state index is 0. The molecule has 1 nitrogen and oxygen atoms in total. The van der Waals surface area contributed by atoms with Crippen molar-refractivity contribution in [2.24, 2.45) is 0 Å². The molecule has 0 saturated carbocycles. The summed E-state index contributed by atoms with van der Waals surface area (Å²) in [5, 5.41) is 0. The fourth-order valence-corrected chi connectivity index (χ4v) is 0.277. The van der Waals surface area contributed by atoms with Gasteiger partial charge in [0.1, 0.15) is 0 Å². The first-order valence-corrected chi connectivity index (χ1v) is 1.77. The molecule has 0 bridgehead atoms. The molecule has 0 aliphatic heterocycles. The van der Waals surface area contributed by atoms with Gasteiger partial charge in [-0.25, -0.2) is 0 Å². The molecule has 0 spiro atoms. The summed E-state index contributed by atoms with van der Waals surface area (Å²) in [6.07, 6.45) is 4.34. The zero-order valence-corrected chi connectivity index (χ0v) is 5.72. The van der Waals surface area contributed by atoms with Crippen molar-refractivity contribution < 1.29 is 22.4 Å². The molecule has 2 heteroatoms. The molecule has 0 amide bonds. The Bertz CT molecular complexity index is 80.0. The van der Waals surface area contributed by atoms with E-state index in [0.717, 1.165) is 0 Å². The maximum Gasteiger partial charge on any atom is 1.00 e. The number of pyridine rings is 1. The summed E-state index contributed by atoms with van der Waals surface area (Å²) in [7, 11) is 0. The molecule has 1 heterocycles. The first-order chi connectivity index (χ1) is 3.00. The van der Waals surface area contributed by atoms with Gasteiger partial charge in [-0.1, -0.05) is 12.4 Å². The van der Waals surface area contributed by atoms with E-state index in [1.165, 1.54) is 0 Å². The normalized spacial score (nSPS) is 6.86. The van der Waals surface area contributed by atoms with Gasteiger partial charge in [0.15, 0.2) is 0 Å². The van der Waals surface area contributed by atoms with Gasteiger partial charge in [-0.3, -0.25) is 0 Å². The fourth-order valence-electron chi connectivity index (χ4n) is 0.277. The van der Waals surface area contributed by atoms with Crippen LogP contribution in [0, 0.1) is 6.20 Å². The van der Waals surface area contributed by atoms with Crippen LogP contribution in [0.15, 0.2) is 24.4 Å². The van der Waals surface area contributed by atoms with Crippen molar-refractivity contribution in [2.45, 2.75) is 0 Å². The predicted molar refractivity (Wildman–Crippen MR) is 23.1 cm³/mol. The Balaban J connectivity index is 0.000000360. The van der Waals surface area contributed by atoms with Crippen LogP contribution < -0.4 is 0 Å². The van der Waals surface area contributed by atoms with E-state index in [2.05, 4.69) is 11.2 Å². The van der Waals surface area contributed by atoms with E-state index in [1.54, 1.807) is 12.3 Å². The molecule has 0 saturated heterocycles. The second-order valence-corrected chi connectivity index (χ2v) is 0.959. The molecule has 40 valence electrons. The Morgan fingerprint density at radius 3 is 2.29 bits per heavy atom. The number of nitrogens with zero attached hydrogens (tertiary/aromatic N) is 1. The van der Waals surface area contributed by atoms with Gasteiger partial charge in [-0.15, -0.1) is 0 Å². The van der Waals surface area contributed by atoms with Crippen molar-refractivity contribution in [3.8, 4) is 0 Å². The number of hydrogen-bond donors (Lipinski definition) is 0. The van der Waals surface area contributed by atoms with Crippen LogP contribution in [-0.2, 0) is 22.4 Å². The van der Waals surface area contributed by atoms with Gasteiger partial charge in [0, 0.05) is 0 Å². The Labute approximate surface area is 58.3 Å². The van der Waals surface area contributed by atoms with E-state index in [4.69, 9.17) is 0 Å². The topological polar surface area (TPSA) is 12.9 Å². The molecule has 1 aromatic rings. The molecule has 0 N–H and O–H groups in total. The third kappa shape index (κ3) is 2.57. The summed E-state index contributed by atoms with van der Waals surface area (Å²) in [6.45, 7) is 0. The van der Waals surface area contributed by atoms with E-state index < -0.39 is 0 Å². The quantitative estimate of drug-likeness (QED) is 0.506. The van der Waals surface area contributed by atoms with Crippen molar-refractivity contribution in [3.05, 3.63) is 30.6 Å². The van der Waals surface area contributed by atoms with Crippen LogP contribution in [0.1, 0.15) is 0 Å². The molecule has 0 aliphatic carbocycles. The molecule has 0 unspecified atom stereocenters. The van der Waals surface area contributed by atoms with Gasteiger partial charge in [0.2, 0.25) is 0 Å². The maximum atomic E-state index is 3.66. The Morgan fingerprint density at radius 1 is 1.29 bits per heavy atom. The number of rotatable bonds is 0. The molecule has 7 heavy (non-hydrogen) atoms. The van der Waals surface area contributed by atoms with Gasteiger partial charge in [-0.05, 0) is 0 Å². The van der Waals surface area contributed by atoms with Crippen LogP contribution in [0.4, 0.5) is 0 Å². The third-order valence-corrected chi connectivity index (χ3v) is 0.517. The standard InChI is InChI=1S/C5H4N.Au/c1-2-4-6-5-3-1;/h1-4H;/q-1;+1. The van der Waals surface area contributed by atoms with E-state index >= 15 is 0 Å². The molecule has 0 aromatic carbocycles. The second kappa shape index (κ2) is 4.06. The van der Waals surface area contributed by atoms with Gasteiger partial charge in [0.05, 0.1) is 0 Å². The average molecular weight is 275 g/mol. The summed E-state index contributed by atoms with van der Waals surface area (Å²) in [5.41, 5.74) is 0. The summed E-state index contributed by atoms with van der Waals surface area (Å²) >= 11 is 0. The Hall–Kier alpha value is -0.110. The largest absolute Gasteiger partial charge is 1.00 e. The van der Waals surface area contributed by atoms with Crippen molar-refractivity contribution in [2.75, 3.05) is 0 Å². The van der Waals surface area contributed by atoms with Crippen LogP contribution in [0.25, 0.3) is 0 Å². The minimum atomic E-state index is 0. The van der Waals surface area contributed by atoms with E-state index in [-0.39, 0.29) is 22.4 Å². The molecule has 1 rings (SSSR count). The van der Waals surface area contributed by atoms with E-state index in [0.29, 0.717) is 0 Å².